The van der Waals surface area contributed by atoms with Crippen molar-refractivity contribution in [3.05, 3.63) is 71.3 Å². The van der Waals surface area contributed by atoms with Gasteiger partial charge in [-0.15, -0.1) is 5.10 Å². The molecule has 0 bridgehead atoms. The van der Waals surface area contributed by atoms with Crippen LogP contribution in [0.25, 0.3) is 5.69 Å². The van der Waals surface area contributed by atoms with Crippen LogP contribution in [0.5, 0.6) is 5.88 Å². The maximum Gasteiger partial charge on any atom is 0.238 e. The number of para-hydroxylation sites is 1. The Labute approximate surface area is 181 Å². The van der Waals surface area contributed by atoms with Crippen molar-refractivity contribution in [2.24, 2.45) is 0 Å². The Morgan fingerprint density at radius 3 is 2.58 bits per heavy atom. The molecule has 7 heteroatoms. The quantitative estimate of drug-likeness (QED) is 0.439. The number of fused-ring (bicyclic) bond motifs is 2. The van der Waals surface area contributed by atoms with E-state index in [0.29, 0.717) is 18.3 Å². The highest BCUT2D eigenvalue weighted by molar-refractivity contribution is 5.55. The van der Waals surface area contributed by atoms with Crippen LogP contribution in [-0.2, 0) is 5.41 Å². The summed E-state index contributed by atoms with van der Waals surface area (Å²) in [6, 6.07) is 17.5. The number of hydrogen-bond acceptors (Lipinski definition) is 6. The fourth-order valence-corrected chi connectivity index (χ4v) is 4.77. The molecule has 31 heavy (non-hydrogen) atoms. The Bertz CT molecular complexity index is 1080. The first kappa shape index (κ1) is 20.1. The van der Waals surface area contributed by atoms with Gasteiger partial charge in [0, 0.05) is 5.41 Å². The van der Waals surface area contributed by atoms with Gasteiger partial charge in [-0.05, 0) is 49.9 Å². The van der Waals surface area contributed by atoms with Gasteiger partial charge in [-0.1, -0.05) is 42.5 Å². The van der Waals surface area contributed by atoms with E-state index < -0.39 is 12.5 Å². The molecule has 2 unspecified atom stereocenters. The molecule has 4 N–H and O–H groups in total. The molecule has 2 aromatic carbocycles. The molecule has 0 radical (unpaired) electrons. The zero-order valence-electron chi connectivity index (χ0n) is 17.7. The van der Waals surface area contributed by atoms with Crippen molar-refractivity contribution >= 4 is 5.82 Å². The number of rotatable bonds is 7. The summed E-state index contributed by atoms with van der Waals surface area (Å²) in [7, 11) is 0. The highest BCUT2D eigenvalue weighted by Gasteiger charge is 2.59. The van der Waals surface area contributed by atoms with Gasteiger partial charge in [0.1, 0.15) is 5.82 Å². The van der Waals surface area contributed by atoms with Crippen molar-refractivity contribution in [3.8, 4) is 11.6 Å². The standard InChI is InChI=1S/C24H28N4O3/c1-3-31-22-15(2)21(28(27-22)16-9-5-4-6-10-16)26-23(30)25-19-17-11-7-8-12-18(17)24(13-14-24)20(19)29/h4-12,19-20,23,25-26,29-30H,3,13-14H2,1-2H3/t19?,20-,23?/m0/s1. The molecule has 7 nitrogen and oxygen atoms in total. The first-order valence-corrected chi connectivity index (χ1v) is 10.8. The highest BCUT2D eigenvalue weighted by atomic mass is 16.5. The minimum atomic E-state index is -1.09. The van der Waals surface area contributed by atoms with Crippen molar-refractivity contribution in [1.29, 1.82) is 0 Å². The van der Waals surface area contributed by atoms with Crippen LogP contribution in [0.4, 0.5) is 5.82 Å². The molecule has 2 aliphatic rings. The van der Waals surface area contributed by atoms with Crippen LogP contribution in [0.15, 0.2) is 54.6 Å². The maximum atomic E-state index is 11.0. The zero-order chi connectivity index (χ0) is 21.6. The Morgan fingerprint density at radius 1 is 1.16 bits per heavy atom. The summed E-state index contributed by atoms with van der Waals surface area (Å²) in [6.45, 7) is 4.32. The van der Waals surface area contributed by atoms with E-state index in [0.717, 1.165) is 29.7 Å². The lowest BCUT2D eigenvalue weighted by atomic mass is 9.97. The monoisotopic (exact) mass is 420 g/mol. The second-order valence-electron chi connectivity index (χ2n) is 8.34. The van der Waals surface area contributed by atoms with E-state index in [1.807, 2.05) is 62.4 Å². The van der Waals surface area contributed by atoms with Gasteiger partial charge >= 0.3 is 0 Å². The normalized spacial score (nSPS) is 21.7. The topological polar surface area (TPSA) is 91.6 Å². The molecule has 1 fully saturated rings. The third-order valence-electron chi connectivity index (χ3n) is 6.47. The van der Waals surface area contributed by atoms with Crippen LogP contribution in [0.3, 0.4) is 0 Å². The van der Waals surface area contributed by atoms with E-state index in [9.17, 15) is 10.2 Å². The van der Waals surface area contributed by atoms with Gasteiger partial charge in [0.15, 0.2) is 6.35 Å². The van der Waals surface area contributed by atoms with Crippen LogP contribution < -0.4 is 15.4 Å². The van der Waals surface area contributed by atoms with Crippen LogP contribution in [-0.4, -0.2) is 39.1 Å². The summed E-state index contributed by atoms with van der Waals surface area (Å²) >= 11 is 0. The molecular weight excluding hydrogens is 392 g/mol. The van der Waals surface area contributed by atoms with Gasteiger partial charge < -0.3 is 20.3 Å². The molecule has 2 aliphatic carbocycles. The zero-order valence-corrected chi connectivity index (χ0v) is 17.7. The minimum Gasteiger partial charge on any atom is -0.477 e. The van der Waals surface area contributed by atoms with Crippen LogP contribution in [0.1, 0.15) is 42.5 Å². The average Bonchev–Trinajstić information content (AvgIpc) is 3.50. The van der Waals surface area contributed by atoms with E-state index >= 15 is 0 Å². The van der Waals surface area contributed by atoms with Gasteiger partial charge in [-0.3, -0.25) is 5.32 Å². The number of benzene rings is 2. The molecule has 3 atom stereocenters. The highest BCUT2D eigenvalue weighted by Crippen LogP contribution is 2.59. The number of hydrogen-bond donors (Lipinski definition) is 4. The van der Waals surface area contributed by atoms with Crippen LogP contribution in [0, 0.1) is 6.92 Å². The molecular formula is C24H28N4O3. The molecule has 162 valence electrons. The van der Waals surface area contributed by atoms with E-state index in [1.54, 1.807) is 4.68 Å². The summed E-state index contributed by atoms with van der Waals surface area (Å²) in [5, 5.41) is 32.9. The molecule has 5 rings (SSSR count). The second kappa shape index (κ2) is 7.67. The fourth-order valence-electron chi connectivity index (χ4n) is 4.77. The number of anilines is 1. The van der Waals surface area contributed by atoms with E-state index in [2.05, 4.69) is 21.8 Å². The summed E-state index contributed by atoms with van der Waals surface area (Å²) in [5.74, 6) is 1.15. The van der Waals surface area contributed by atoms with Gasteiger partial charge in [-0.2, -0.15) is 0 Å². The second-order valence-corrected chi connectivity index (χ2v) is 8.34. The molecule has 0 aliphatic heterocycles. The van der Waals surface area contributed by atoms with E-state index in [-0.39, 0.29) is 11.5 Å². The molecule has 0 saturated heterocycles. The first-order chi connectivity index (χ1) is 15.0. The SMILES string of the molecule is CCOc1nn(-c2ccccc2)c(NC(O)NC2c3ccccc3C3(CC3)[C@H]2O)c1C. The maximum absolute atomic E-state index is 11.0. The van der Waals surface area contributed by atoms with Crippen molar-refractivity contribution in [1.82, 2.24) is 15.1 Å². The third kappa shape index (κ3) is 3.29. The van der Waals surface area contributed by atoms with Gasteiger partial charge in [0.05, 0.1) is 30.0 Å². The number of ether oxygens (including phenoxy) is 1. The lowest BCUT2D eigenvalue weighted by Gasteiger charge is -2.25. The van der Waals surface area contributed by atoms with Gasteiger partial charge in [-0.25, -0.2) is 4.68 Å². The molecule has 1 spiro atoms. The Balaban J connectivity index is 1.42. The minimum absolute atomic E-state index is 0.169. The Morgan fingerprint density at radius 2 is 1.87 bits per heavy atom. The van der Waals surface area contributed by atoms with Crippen LogP contribution >= 0.6 is 0 Å². The van der Waals surface area contributed by atoms with Crippen LogP contribution in [0.2, 0.25) is 0 Å². The van der Waals surface area contributed by atoms with E-state index in [4.69, 9.17) is 4.74 Å². The van der Waals surface area contributed by atoms with Crippen molar-refractivity contribution in [3.63, 3.8) is 0 Å². The lowest BCUT2D eigenvalue weighted by molar-refractivity contribution is 0.0667. The predicted octanol–water partition coefficient (Wildman–Crippen LogP) is 3.00. The molecule has 1 aromatic heterocycles. The number of aliphatic hydroxyl groups excluding tert-OH is 2. The lowest BCUT2D eigenvalue weighted by Crippen LogP contribution is -2.43. The molecule has 3 aromatic rings. The first-order valence-electron chi connectivity index (χ1n) is 10.8. The molecule has 1 heterocycles. The Hall–Kier alpha value is -2.87. The average molecular weight is 421 g/mol. The van der Waals surface area contributed by atoms with E-state index in [1.165, 1.54) is 5.56 Å². The number of aliphatic hydroxyl groups is 2. The largest absolute Gasteiger partial charge is 0.477 e. The predicted molar refractivity (Wildman–Crippen MR) is 118 cm³/mol. The number of nitrogens with zero attached hydrogens (tertiary/aromatic N) is 2. The smallest absolute Gasteiger partial charge is 0.238 e. The summed E-state index contributed by atoms with van der Waals surface area (Å²) in [4.78, 5) is 0. The number of nitrogens with one attached hydrogen (secondary N) is 2. The van der Waals surface area contributed by atoms with Crippen molar-refractivity contribution in [2.45, 2.75) is 50.6 Å². The van der Waals surface area contributed by atoms with Crippen molar-refractivity contribution < 1.29 is 14.9 Å². The number of aromatic nitrogens is 2. The van der Waals surface area contributed by atoms with Gasteiger partial charge in [0.2, 0.25) is 5.88 Å². The van der Waals surface area contributed by atoms with Gasteiger partial charge in [0.25, 0.3) is 0 Å². The summed E-state index contributed by atoms with van der Waals surface area (Å²) in [6.07, 6.45) is 0.295. The third-order valence-corrected chi connectivity index (χ3v) is 6.47. The molecule has 1 saturated carbocycles. The summed E-state index contributed by atoms with van der Waals surface area (Å²) < 4.78 is 7.41. The fraction of sp³-hybridized carbons (Fsp3) is 0.375. The Kier molecular flexibility index (Phi) is 4.97. The molecule has 0 amide bonds. The van der Waals surface area contributed by atoms with Crippen molar-refractivity contribution in [2.75, 3.05) is 11.9 Å². The summed E-state index contributed by atoms with van der Waals surface area (Å²) in [5.41, 5.74) is 3.73.